The topological polar surface area (TPSA) is 37.3 Å². The van der Waals surface area contributed by atoms with Gasteiger partial charge < -0.3 is 5.11 Å². The van der Waals surface area contributed by atoms with Crippen LogP contribution in [0.5, 0.6) is 0 Å². The van der Waals surface area contributed by atoms with E-state index in [0.717, 1.165) is 32.1 Å². The molecule has 0 unspecified atom stereocenters. The number of unbranched alkanes of at least 4 members (excludes halogenated alkanes) is 5. The minimum absolute atomic E-state index is 0.312. The van der Waals surface area contributed by atoms with E-state index in [4.69, 9.17) is 5.11 Å². The summed E-state index contributed by atoms with van der Waals surface area (Å²) in [5.41, 5.74) is 0. The average Bonchev–Trinajstić information content (AvgIpc) is 2.25. The quantitative estimate of drug-likeness (QED) is 0.501. The lowest BCUT2D eigenvalue weighted by Gasteiger charge is -1.97. The maximum Gasteiger partial charge on any atom is 0.303 e. The van der Waals surface area contributed by atoms with E-state index in [0.29, 0.717) is 6.42 Å². The highest BCUT2D eigenvalue weighted by Gasteiger charge is 1.95. The van der Waals surface area contributed by atoms with E-state index in [1.807, 2.05) is 13.0 Å². The van der Waals surface area contributed by atoms with Gasteiger partial charge in [-0.3, -0.25) is 4.79 Å². The van der Waals surface area contributed by atoms with Gasteiger partial charge in [-0.1, -0.05) is 44.1 Å². The molecule has 2 heteroatoms. The average molecular weight is 222 g/mol. The second kappa shape index (κ2) is 11.8. The Labute approximate surface area is 98.7 Å². The third-order valence-electron chi connectivity index (χ3n) is 2.24. The van der Waals surface area contributed by atoms with Crippen molar-refractivity contribution in [3.8, 4) is 11.8 Å². The van der Waals surface area contributed by atoms with Crippen LogP contribution >= 0.6 is 0 Å². The Kier molecular flexibility index (Phi) is 10.9. The summed E-state index contributed by atoms with van der Waals surface area (Å²) in [4.78, 5) is 10.2. The number of carboxylic acids is 1. The smallest absolute Gasteiger partial charge is 0.303 e. The van der Waals surface area contributed by atoms with Gasteiger partial charge in [0.05, 0.1) is 0 Å². The zero-order chi connectivity index (χ0) is 12.1. The van der Waals surface area contributed by atoms with Crippen LogP contribution in [0.15, 0.2) is 12.2 Å². The van der Waals surface area contributed by atoms with Gasteiger partial charge in [0.2, 0.25) is 0 Å². The van der Waals surface area contributed by atoms with E-state index in [1.165, 1.54) is 12.8 Å². The third kappa shape index (κ3) is 12.8. The Balaban J connectivity index is 3.15. The van der Waals surface area contributed by atoms with Crippen LogP contribution in [0.1, 0.15) is 58.3 Å². The van der Waals surface area contributed by atoms with Gasteiger partial charge >= 0.3 is 5.97 Å². The van der Waals surface area contributed by atoms with Crippen LogP contribution in [0.2, 0.25) is 0 Å². The summed E-state index contributed by atoms with van der Waals surface area (Å²) >= 11 is 0. The molecule has 0 aromatic rings. The molecule has 0 aliphatic heterocycles. The molecule has 0 aliphatic rings. The van der Waals surface area contributed by atoms with E-state index >= 15 is 0 Å². The van der Waals surface area contributed by atoms with Crippen LogP contribution in [0.25, 0.3) is 0 Å². The molecule has 0 rings (SSSR count). The molecule has 0 aromatic heterocycles. The third-order valence-corrected chi connectivity index (χ3v) is 2.24. The molecule has 0 bridgehead atoms. The van der Waals surface area contributed by atoms with Crippen LogP contribution in [0.4, 0.5) is 0 Å². The Bertz CT molecular complexity index is 256. The van der Waals surface area contributed by atoms with Crippen molar-refractivity contribution in [3.63, 3.8) is 0 Å². The predicted molar refractivity (Wildman–Crippen MR) is 67.2 cm³/mol. The second-order valence-electron chi connectivity index (χ2n) is 3.78. The molecule has 0 aliphatic carbocycles. The zero-order valence-corrected chi connectivity index (χ0v) is 10.2. The molecule has 0 spiro atoms. The fourth-order valence-electron chi connectivity index (χ4n) is 1.37. The molecule has 16 heavy (non-hydrogen) atoms. The maximum atomic E-state index is 10.2. The van der Waals surface area contributed by atoms with Gasteiger partial charge in [0, 0.05) is 12.8 Å². The first-order valence-corrected chi connectivity index (χ1v) is 6.12. The highest BCUT2D eigenvalue weighted by Crippen LogP contribution is 2.07. The van der Waals surface area contributed by atoms with Crippen LogP contribution in [-0.4, -0.2) is 11.1 Å². The van der Waals surface area contributed by atoms with E-state index in [-0.39, 0.29) is 0 Å². The fraction of sp³-hybridized carbons (Fsp3) is 0.643. The van der Waals surface area contributed by atoms with E-state index < -0.39 is 5.97 Å². The van der Waals surface area contributed by atoms with Crippen LogP contribution in [-0.2, 0) is 4.79 Å². The van der Waals surface area contributed by atoms with Crippen molar-refractivity contribution in [1.82, 2.24) is 0 Å². The number of hydrogen-bond acceptors (Lipinski definition) is 1. The Morgan fingerprint density at radius 3 is 2.56 bits per heavy atom. The van der Waals surface area contributed by atoms with Crippen LogP contribution < -0.4 is 0 Å². The SMILES string of the molecule is CCC#C/C=C\CCCCCCCC(=O)O. The normalized spacial score (nSPS) is 10.1. The van der Waals surface area contributed by atoms with Gasteiger partial charge in [0.15, 0.2) is 0 Å². The summed E-state index contributed by atoms with van der Waals surface area (Å²) in [5, 5.41) is 8.43. The molecule has 0 aromatic carbocycles. The van der Waals surface area contributed by atoms with Gasteiger partial charge in [-0.2, -0.15) is 0 Å². The van der Waals surface area contributed by atoms with Crippen LogP contribution in [0.3, 0.4) is 0 Å². The molecule has 0 fully saturated rings. The first-order valence-electron chi connectivity index (χ1n) is 6.12. The molecule has 1 N–H and O–H groups in total. The minimum Gasteiger partial charge on any atom is -0.481 e. The number of carboxylic acid groups (broad SMARTS) is 1. The van der Waals surface area contributed by atoms with Gasteiger partial charge in [0.1, 0.15) is 0 Å². The summed E-state index contributed by atoms with van der Waals surface area (Å²) in [7, 11) is 0. The number of rotatable bonds is 8. The van der Waals surface area contributed by atoms with Crippen molar-refractivity contribution >= 4 is 5.97 Å². The molecular weight excluding hydrogens is 200 g/mol. The molecule has 0 saturated heterocycles. The Morgan fingerprint density at radius 2 is 1.88 bits per heavy atom. The summed E-state index contributed by atoms with van der Waals surface area (Å²) < 4.78 is 0. The summed E-state index contributed by atoms with van der Waals surface area (Å²) in [6.45, 7) is 2.04. The first-order chi connectivity index (χ1) is 7.77. The molecule has 0 atom stereocenters. The second-order valence-corrected chi connectivity index (χ2v) is 3.78. The lowest BCUT2D eigenvalue weighted by atomic mass is 10.1. The molecular formula is C14H22O2. The zero-order valence-electron chi connectivity index (χ0n) is 10.2. The molecule has 2 nitrogen and oxygen atoms in total. The van der Waals surface area contributed by atoms with Gasteiger partial charge in [-0.15, -0.1) is 0 Å². The van der Waals surface area contributed by atoms with E-state index in [2.05, 4.69) is 17.9 Å². The summed E-state index contributed by atoms with van der Waals surface area (Å²) in [6.07, 6.45) is 11.7. The van der Waals surface area contributed by atoms with Gasteiger partial charge in [0.25, 0.3) is 0 Å². The monoisotopic (exact) mass is 222 g/mol. The van der Waals surface area contributed by atoms with Crippen LogP contribution in [0, 0.1) is 11.8 Å². The fourth-order valence-corrected chi connectivity index (χ4v) is 1.37. The van der Waals surface area contributed by atoms with Crippen molar-refractivity contribution in [2.24, 2.45) is 0 Å². The number of hydrogen-bond donors (Lipinski definition) is 1. The first kappa shape index (κ1) is 14.8. The number of allylic oxidation sites excluding steroid dienone is 2. The van der Waals surface area contributed by atoms with Gasteiger partial charge in [-0.25, -0.2) is 0 Å². The highest BCUT2D eigenvalue weighted by molar-refractivity contribution is 5.66. The molecule has 0 amide bonds. The van der Waals surface area contributed by atoms with E-state index in [1.54, 1.807) is 0 Å². The van der Waals surface area contributed by atoms with Crippen molar-refractivity contribution in [3.05, 3.63) is 12.2 Å². The lowest BCUT2D eigenvalue weighted by molar-refractivity contribution is -0.137. The number of carbonyl (C=O) groups is 1. The minimum atomic E-state index is -0.683. The summed E-state index contributed by atoms with van der Waals surface area (Å²) in [6, 6.07) is 0. The predicted octanol–water partition coefficient (Wildman–Crippen LogP) is 3.77. The molecule has 0 radical (unpaired) electrons. The van der Waals surface area contributed by atoms with Crippen molar-refractivity contribution in [1.29, 1.82) is 0 Å². The maximum absolute atomic E-state index is 10.2. The van der Waals surface area contributed by atoms with Gasteiger partial charge in [-0.05, 0) is 25.3 Å². The Hall–Kier alpha value is -1.23. The summed E-state index contributed by atoms with van der Waals surface area (Å²) in [5.74, 6) is 5.27. The standard InChI is InChI=1S/C14H22O2/c1-2-3-4-5-6-7-8-9-10-11-12-13-14(15)16/h5-6H,2,7-13H2,1H3,(H,15,16)/b6-5-. The van der Waals surface area contributed by atoms with Crippen molar-refractivity contribution < 1.29 is 9.90 Å². The lowest BCUT2D eigenvalue weighted by Crippen LogP contribution is -1.93. The molecule has 0 heterocycles. The largest absolute Gasteiger partial charge is 0.481 e. The van der Waals surface area contributed by atoms with Crippen molar-refractivity contribution in [2.45, 2.75) is 58.3 Å². The number of aliphatic carboxylic acids is 1. The highest BCUT2D eigenvalue weighted by atomic mass is 16.4. The molecule has 0 saturated carbocycles. The Morgan fingerprint density at radius 1 is 1.19 bits per heavy atom. The van der Waals surface area contributed by atoms with Crippen molar-refractivity contribution in [2.75, 3.05) is 0 Å². The molecule has 90 valence electrons. The van der Waals surface area contributed by atoms with E-state index in [9.17, 15) is 4.79 Å².